The lowest BCUT2D eigenvalue weighted by atomic mass is 10.0. The Morgan fingerprint density at radius 1 is 1.06 bits per heavy atom. The van der Waals surface area contributed by atoms with Crippen molar-refractivity contribution in [1.82, 2.24) is 21.3 Å². The summed E-state index contributed by atoms with van der Waals surface area (Å²) < 4.78 is 10.9. The van der Waals surface area contributed by atoms with Gasteiger partial charge in [-0.2, -0.15) is 0 Å². The third-order valence-electron chi connectivity index (χ3n) is 4.88. The van der Waals surface area contributed by atoms with Gasteiger partial charge in [0, 0.05) is 12.6 Å². The SMILES string of the molecule is CCNC(O)C(CCCCC(NCOC(C)C)C(=O)NCC(N)CC)NC(=O)OC(C)(C)C. The zero-order chi connectivity index (χ0) is 25.4. The van der Waals surface area contributed by atoms with Crippen LogP contribution in [0.15, 0.2) is 0 Å². The molecule has 196 valence electrons. The molecule has 2 amide bonds. The number of carbonyl (C=O) groups excluding carboxylic acids is 2. The van der Waals surface area contributed by atoms with Crippen molar-refractivity contribution in [1.29, 1.82) is 0 Å². The molecule has 4 unspecified atom stereocenters. The maximum absolute atomic E-state index is 12.6. The van der Waals surface area contributed by atoms with E-state index in [4.69, 9.17) is 15.2 Å². The highest BCUT2D eigenvalue weighted by Crippen LogP contribution is 2.11. The van der Waals surface area contributed by atoms with Crippen LogP contribution >= 0.6 is 0 Å². The van der Waals surface area contributed by atoms with E-state index in [1.54, 1.807) is 20.8 Å². The summed E-state index contributed by atoms with van der Waals surface area (Å²) in [7, 11) is 0. The minimum Gasteiger partial charge on any atom is -0.444 e. The third-order valence-corrected chi connectivity index (χ3v) is 4.88. The molecule has 7 N–H and O–H groups in total. The average molecular weight is 476 g/mol. The molecule has 0 radical (unpaired) electrons. The molecule has 0 aromatic heterocycles. The largest absolute Gasteiger partial charge is 0.444 e. The molecule has 10 nitrogen and oxygen atoms in total. The maximum atomic E-state index is 12.6. The predicted molar refractivity (Wildman–Crippen MR) is 131 cm³/mol. The van der Waals surface area contributed by atoms with Crippen molar-refractivity contribution >= 4 is 12.0 Å². The molecular formula is C23H49N5O5. The molecule has 10 heteroatoms. The summed E-state index contributed by atoms with van der Waals surface area (Å²) in [6.07, 6.45) is 1.93. The molecule has 0 aliphatic carbocycles. The molecule has 4 atom stereocenters. The van der Waals surface area contributed by atoms with Gasteiger partial charge in [0.05, 0.1) is 24.9 Å². The zero-order valence-electron chi connectivity index (χ0n) is 21.7. The van der Waals surface area contributed by atoms with Crippen molar-refractivity contribution in [3.05, 3.63) is 0 Å². The van der Waals surface area contributed by atoms with Gasteiger partial charge in [0.1, 0.15) is 11.8 Å². The van der Waals surface area contributed by atoms with Crippen LogP contribution in [0.1, 0.15) is 80.6 Å². The van der Waals surface area contributed by atoms with E-state index in [2.05, 4.69) is 21.3 Å². The van der Waals surface area contributed by atoms with E-state index in [9.17, 15) is 14.7 Å². The summed E-state index contributed by atoms with van der Waals surface area (Å²) in [4.78, 5) is 24.8. The van der Waals surface area contributed by atoms with E-state index in [-0.39, 0.29) is 24.8 Å². The summed E-state index contributed by atoms with van der Waals surface area (Å²) in [6, 6.07) is -0.996. The second-order valence-electron chi connectivity index (χ2n) is 9.57. The lowest BCUT2D eigenvalue weighted by Gasteiger charge is -2.27. The molecule has 0 heterocycles. The molecule has 0 spiro atoms. The number of hydrogen-bond donors (Lipinski definition) is 6. The summed E-state index contributed by atoms with van der Waals surface area (Å²) in [5, 5.41) is 22.1. The number of amides is 2. The van der Waals surface area contributed by atoms with Gasteiger partial charge in [-0.3, -0.25) is 15.4 Å². The number of ether oxygens (including phenoxy) is 2. The van der Waals surface area contributed by atoms with Gasteiger partial charge in [-0.1, -0.05) is 26.7 Å². The summed E-state index contributed by atoms with van der Waals surface area (Å²) in [5.41, 5.74) is 5.29. The van der Waals surface area contributed by atoms with E-state index in [1.165, 1.54) is 0 Å². The van der Waals surface area contributed by atoms with Gasteiger partial charge >= 0.3 is 6.09 Å². The standard InChI is InChI=1S/C23H49N5O5/c1-8-17(24)14-26-20(29)18(27-15-32-16(3)4)12-10-11-13-19(21(30)25-9-2)28-22(31)33-23(5,6)7/h16-19,21,25,27,30H,8-15,24H2,1-7H3,(H,26,29)(H,28,31). The number of hydrogen-bond acceptors (Lipinski definition) is 8. The number of nitrogens with one attached hydrogen (secondary N) is 4. The second-order valence-corrected chi connectivity index (χ2v) is 9.57. The van der Waals surface area contributed by atoms with Gasteiger partial charge in [0.2, 0.25) is 5.91 Å². The van der Waals surface area contributed by atoms with Crippen LogP contribution in [0.5, 0.6) is 0 Å². The highest BCUT2D eigenvalue weighted by atomic mass is 16.6. The Morgan fingerprint density at radius 2 is 1.70 bits per heavy atom. The number of unbranched alkanes of at least 4 members (excludes halogenated alkanes) is 1. The highest BCUT2D eigenvalue weighted by molar-refractivity contribution is 5.81. The number of carbonyl (C=O) groups is 2. The lowest BCUT2D eigenvalue weighted by molar-refractivity contribution is -0.124. The molecule has 33 heavy (non-hydrogen) atoms. The topological polar surface area (TPSA) is 147 Å². The number of nitrogens with two attached hydrogens (primary N) is 1. The van der Waals surface area contributed by atoms with Crippen molar-refractivity contribution in [3.8, 4) is 0 Å². The Kier molecular flexibility index (Phi) is 16.3. The Bertz CT molecular complexity index is 542. The van der Waals surface area contributed by atoms with Crippen LogP contribution in [0.2, 0.25) is 0 Å². The molecule has 0 fully saturated rings. The lowest BCUT2D eigenvalue weighted by Crippen LogP contribution is -2.51. The number of aliphatic hydroxyl groups is 1. The van der Waals surface area contributed by atoms with E-state index in [1.807, 2.05) is 27.7 Å². The highest BCUT2D eigenvalue weighted by Gasteiger charge is 2.24. The van der Waals surface area contributed by atoms with Crippen LogP contribution in [0.25, 0.3) is 0 Å². The summed E-state index contributed by atoms with van der Waals surface area (Å²) >= 11 is 0. The fraction of sp³-hybridized carbons (Fsp3) is 0.913. The monoisotopic (exact) mass is 475 g/mol. The van der Waals surface area contributed by atoms with Crippen LogP contribution in [0.3, 0.4) is 0 Å². The predicted octanol–water partition coefficient (Wildman–Crippen LogP) is 1.56. The van der Waals surface area contributed by atoms with Crippen molar-refractivity contribution in [2.45, 2.75) is 117 Å². The van der Waals surface area contributed by atoms with Gasteiger partial charge in [-0.25, -0.2) is 4.79 Å². The molecule has 0 aliphatic heterocycles. The molecule has 0 saturated carbocycles. The molecule has 0 bridgehead atoms. The van der Waals surface area contributed by atoms with Gasteiger partial charge in [-0.05, 0) is 60.4 Å². The summed E-state index contributed by atoms with van der Waals surface area (Å²) in [6.45, 7) is 14.4. The molecule has 0 saturated heterocycles. The zero-order valence-corrected chi connectivity index (χ0v) is 21.7. The number of alkyl carbamates (subject to hydrolysis) is 1. The third kappa shape index (κ3) is 16.7. The minimum atomic E-state index is -0.894. The van der Waals surface area contributed by atoms with Gasteiger partial charge in [-0.15, -0.1) is 0 Å². The van der Waals surface area contributed by atoms with Crippen molar-refractivity contribution in [3.63, 3.8) is 0 Å². The first kappa shape index (κ1) is 31.5. The quantitative estimate of drug-likeness (QED) is 0.137. The van der Waals surface area contributed by atoms with Crippen LogP contribution in [-0.2, 0) is 14.3 Å². The first-order valence-corrected chi connectivity index (χ1v) is 12.2. The number of likely N-dealkylation sites (N-methyl/N-ethyl adjacent to an activating group) is 1. The Morgan fingerprint density at radius 3 is 2.24 bits per heavy atom. The van der Waals surface area contributed by atoms with E-state index < -0.39 is 30.0 Å². The molecular weight excluding hydrogens is 426 g/mol. The Labute approximate surface area is 200 Å². The molecule has 0 aliphatic rings. The molecule has 0 rings (SSSR count). The van der Waals surface area contributed by atoms with E-state index in [0.717, 1.165) is 12.8 Å². The van der Waals surface area contributed by atoms with Crippen LogP contribution in [0.4, 0.5) is 4.79 Å². The van der Waals surface area contributed by atoms with Crippen LogP contribution in [0, 0.1) is 0 Å². The summed E-state index contributed by atoms with van der Waals surface area (Å²) in [5.74, 6) is -0.109. The fourth-order valence-corrected chi connectivity index (χ4v) is 2.97. The fourth-order valence-electron chi connectivity index (χ4n) is 2.97. The normalized spacial score (nSPS) is 15.6. The Hall–Kier alpha value is -1.46. The first-order chi connectivity index (χ1) is 15.4. The first-order valence-electron chi connectivity index (χ1n) is 12.2. The minimum absolute atomic E-state index is 0.0574. The van der Waals surface area contributed by atoms with Crippen molar-refractivity contribution < 1.29 is 24.2 Å². The van der Waals surface area contributed by atoms with Crippen LogP contribution in [-0.4, -0.2) is 73.0 Å². The van der Waals surface area contributed by atoms with Gasteiger partial charge in [0.15, 0.2) is 0 Å². The number of rotatable bonds is 17. The molecule has 0 aromatic carbocycles. The molecule has 0 aromatic rings. The van der Waals surface area contributed by atoms with E-state index in [0.29, 0.717) is 32.4 Å². The van der Waals surface area contributed by atoms with Gasteiger partial charge in [0.25, 0.3) is 0 Å². The second kappa shape index (κ2) is 17.0. The average Bonchev–Trinajstić information content (AvgIpc) is 2.70. The maximum Gasteiger partial charge on any atom is 0.408 e. The van der Waals surface area contributed by atoms with E-state index >= 15 is 0 Å². The number of aliphatic hydroxyl groups excluding tert-OH is 1. The van der Waals surface area contributed by atoms with Gasteiger partial charge < -0.3 is 30.9 Å². The Balaban J connectivity index is 4.81. The van der Waals surface area contributed by atoms with Crippen molar-refractivity contribution in [2.24, 2.45) is 5.73 Å². The smallest absolute Gasteiger partial charge is 0.408 e. The van der Waals surface area contributed by atoms with Crippen molar-refractivity contribution in [2.75, 3.05) is 19.8 Å². The van der Waals surface area contributed by atoms with Crippen LogP contribution < -0.4 is 27.0 Å².